The molecular weight excluding hydrogens is 226 g/mol. The molecule has 0 radical (unpaired) electrons. The Kier molecular flexibility index (Phi) is 3.57. The first-order valence-electron chi connectivity index (χ1n) is 6.34. The molecule has 1 aromatic rings. The van der Waals surface area contributed by atoms with Gasteiger partial charge in [-0.05, 0) is 38.1 Å². The van der Waals surface area contributed by atoms with Gasteiger partial charge < -0.3 is 15.5 Å². The fraction of sp³-hybridized carbons (Fsp3) is 0.500. The van der Waals surface area contributed by atoms with Crippen molar-refractivity contribution in [3.05, 3.63) is 28.8 Å². The molecule has 1 aromatic carbocycles. The summed E-state index contributed by atoms with van der Waals surface area (Å²) in [5, 5.41) is 0. The molecule has 0 saturated carbocycles. The van der Waals surface area contributed by atoms with Gasteiger partial charge in [0.25, 0.3) is 5.91 Å². The maximum atomic E-state index is 11.6. The molecule has 0 aliphatic carbocycles. The third-order valence-electron chi connectivity index (χ3n) is 3.79. The molecule has 1 aliphatic rings. The Labute approximate surface area is 108 Å². The van der Waals surface area contributed by atoms with Crippen LogP contribution in [0.4, 0.5) is 5.69 Å². The van der Waals surface area contributed by atoms with Crippen molar-refractivity contribution in [2.24, 2.45) is 5.73 Å². The minimum absolute atomic E-state index is 0.341. The highest BCUT2D eigenvalue weighted by Gasteiger charge is 2.21. The van der Waals surface area contributed by atoms with Crippen LogP contribution in [0.1, 0.15) is 21.5 Å². The lowest BCUT2D eigenvalue weighted by molar-refractivity contribution is 0.100. The number of nitrogens with zero attached hydrogens (tertiary/aromatic N) is 2. The van der Waals surface area contributed by atoms with E-state index in [2.05, 4.69) is 30.7 Å². The Bertz CT molecular complexity index is 462. The minimum Gasteiger partial charge on any atom is -0.368 e. The lowest BCUT2D eigenvalue weighted by Gasteiger charge is -2.36. The van der Waals surface area contributed by atoms with E-state index in [0.29, 0.717) is 5.56 Å². The third kappa shape index (κ3) is 2.34. The maximum Gasteiger partial charge on any atom is 0.250 e. The predicted molar refractivity (Wildman–Crippen MR) is 74.1 cm³/mol. The van der Waals surface area contributed by atoms with Crippen molar-refractivity contribution >= 4 is 11.6 Å². The Morgan fingerprint density at radius 2 is 1.78 bits per heavy atom. The Morgan fingerprint density at radius 3 is 2.33 bits per heavy atom. The number of piperazine rings is 1. The van der Waals surface area contributed by atoms with Gasteiger partial charge in [-0.2, -0.15) is 0 Å². The van der Waals surface area contributed by atoms with E-state index >= 15 is 0 Å². The van der Waals surface area contributed by atoms with Gasteiger partial charge in [0.15, 0.2) is 0 Å². The normalized spacial score (nSPS) is 16.9. The number of rotatable bonds is 2. The third-order valence-corrected chi connectivity index (χ3v) is 3.79. The first-order valence-corrected chi connectivity index (χ1v) is 6.34. The molecule has 4 heteroatoms. The fourth-order valence-corrected chi connectivity index (χ4v) is 2.44. The van der Waals surface area contributed by atoms with Crippen molar-refractivity contribution in [1.29, 1.82) is 0 Å². The average Bonchev–Trinajstić information content (AvgIpc) is 2.33. The molecule has 18 heavy (non-hydrogen) atoms. The van der Waals surface area contributed by atoms with Crippen LogP contribution in [0.2, 0.25) is 0 Å². The van der Waals surface area contributed by atoms with Crippen LogP contribution in [-0.4, -0.2) is 44.0 Å². The van der Waals surface area contributed by atoms with Crippen molar-refractivity contribution < 1.29 is 4.79 Å². The van der Waals surface area contributed by atoms with Gasteiger partial charge in [-0.15, -0.1) is 0 Å². The number of amides is 1. The molecule has 2 rings (SSSR count). The number of carbonyl (C=O) groups is 1. The lowest BCUT2D eigenvalue weighted by Crippen LogP contribution is -2.45. The van der Waals surface area contributed by atoms with Gasteiger partial charge in [0, 0.05) is 26.2 Å². The molecular formula is C14H21N3O. The van der Waals surface area contributed by atoms with Crippen LogP contribution >= 0.6 is 0 Å². The Hall–Kier alpha value is -1.55. The van der Waals surface area contributed by atoms with Gasteiger partial charge in [-0.3, -0.25) is 4.79 Å². The van der Waals surface area contributed by atoms with E-state index in [1.165, 1.54) is 5.56 Å². The van der Waals surface area contributed by atoms with Crippen LogP contribution in [0, 0.1) is 13.8 Å². The summed E-state index contributed by atoms with van der Waals surface area (Å²) >= 11 is 0. The van der Waals surface area contributed by atoms with Gasteiger partial charge in [-0.25, -0.2) is 0 Å². The number of likely N-dealkylation sites (N-methyl/N-ethyl adjacent to an activating group) is 1. The predicted octanol–water partition coefficient (Wildman–Crippen LogP) is 1.15. The molecule has 1 fully saturated rings. The van der Waals surface area contributed by atoms with Crippen molar-refractivity contribution in [3.8, 4) is 0 Å². The highest BCUT2D eigenvalue weighted by molar-refractivity contribution is 5.99. The number of benzene rings is 1. The van der Waals surface area contributed by atoms with Gasteiger partial charge in [-0.1, -0.05) is 6.07 Å². The summed E-state index contributed by atoms with van der Waals surface area (Å²) in [6.07, 6.45) is 0. The zero-order valence-electron chi connectivity index (χ0n) is 11.4. The van der Waals surface area contributed by atoms with E-state index in [1.54, 1.807) is 0 Å². The summed E-state index contributed by atoms with van der Waals surface area (Å²) in [5.74, 6) is -0.341. The van der Waals surface area contributed by atoms with Gasteiger partial charge in [0.2, 0.25) is 0 Å². The first-order chi connectivity index (χ1) is 8.50. The number of carbonyl (C=O) groups excluding carboxylic acids is 1. The molecule has 1 amide bonds. The van der Waals surface area contributed by atoms with Gasteiger partial charge in [0.1, 0.15) is 0 Å². The SMILES string of the molecule is Cc1ccc(C(N)=O)c(N2CCN(C)CC2)c1C. The highest BCUT2D eigenvalue weighted by Crippen LogP contribution is 2.28. The van der Waals surface area contributed by atoms with Crippen molar-refractivity contribution in [3.63, 3.8) is 0 Å². The second-order valence-electron chi connectivity index (χ2n) is 5.06. The highest BCUT2D eigenvalue weighted by atomic mass is 16.1. The van der Waals surface area contributed by atoms with Crippen LogP contribution < -0.4 is 10.6 Å². The molecule has 2 N–H and O–H groups in total. The van der Waals surface area contributed by atoms with Gasteiger partial charge >= 0.3 is 0 Å². The Morgan fingerprint density at radius 1 is 1.17 bits per heavy atom. The van der Waals surface area contributed by atoms with Crippen LogP contribution in [0.25, 0.3) is 0 Å². The van der Waals surface area contributed by atoms with Crippen molar-refractivity contribution in [2.75, 3.05) is 38.1 Å². The van der Waals surface area contributed by atoms with E-state index < -0.39 is 0 Å². The zero-order valence-corrected chi connectivity index (χ0v) is 11.4. The zero-order chi connectivity index (χ0) is 13.3. The number of anilines is 1. The Balaban J connectivity index is 2.41. The number of aryl methyl sites for hydroxylation is 1. The van der Waals surface area contributed by atoms with Crippen LogP contribution in [0.3, 0.4) is 0 Å². The molecule has 0 aromatic heterocycles. The van der Waals surface area contributed by atoms with Crippen LogP contribution in [0.15, 0.2) is 12.1 Å². The van der Waals surface area contributed by atoms with E-state index in [4.69, 9.17) is 5.73 Å². The standard InChI is InChI=1S/C14H21N3O/c1-10-4-5-12(14(15)18)13(11(10)2)17-8-6-16(3)7-9-17/h4-5H,6-9H2,1-3H3,(H2,15,18). The average molecular weight is 247 g/mol. The summed E-state index contributed by atoms with van der Waals surface area (Å²) in [5.41, 5.74) is 9.52. The molecule has 0 unspecified atom stereocenters. The van der Waals surface area contributed by atoms with E-state index in [-0.39, 0.29) is 5.91 Å². The van der Waals surface area contributed by atoms with Gasteiger partial charge in [0.05, 0.1) is 11.3 Å². The topological polar surface area (TPSA) is 49.6 Å². The second kappa shape index (κ2) is 4.98. The summed E-state index contributed by atoms with van der Waals surface area (Å²) in [6, 6.07) is 3.81. The number of hydrogen-bond donors (Lipinski definition) is 1. The van der Waals surface area contributed by atoms with E-state index in [9.17, 15) is 4.79 Å². The van der Waals surface area contributed by atoms with Crippen molar-refractivity contribution in [2.45, 2.75) is 13.8 Å². The molecule has 98 valence electrons. The monoisotopic (exact) mass is 247 g/mol. The van der Waals surface area contributed by atoms with Crippen molar-refractivity contribution in [1.82, 2.24) is 4.90 Å². The van der Waals surface area contributed by atoms with E-state index in [1.807, 2.05) is 12.1 Å². The lowest BCUT2D eigenvalue weighted by atomic mass is 10.0. The summed E-state index contributed by atoms with van der Waals surface area (Å²) in [4.78, 5) is 16.2. The molecule has 4 nitrogen and oxygen atoms in total. The molecule has 1 heterocycles. The molecule has 1 saturated heterocycles. The number of nitrogens with two attached hydrogens (primary N) is 1. The molecule has 0 spiro atoms. The minimum atomic E-state index is -0.341. The number of hydrogen-bond acceptors (Lipinski definition) is 3. The van der Waals surface area contributed by atoms with Crippen LogP contribution in [-0.2, 0) is 0 Å². The van der Waals surface area contributed by atoms with E-state index in [0.717, 1.165) is 37.4 Å². The quantitative estimate of drug-likeness (QED) is 0.853. The fourth-order valence-electron chi connectivity index (χ4n) is 2.44. The summed E-state index contributed by atoms with van der Waals surface area (Å²) < 4.78 is 0. The smallest absolute Gasteiger partial charge is 0.250 e. The number of primary amides is 1. The van der Waals surface area contributed by atoms with Crippen LogP contribution in [0.5, 0.6) is 0 Å². The summed E-state index contributed by atoms with van der Waals surface area (Å²) in [6.45, 7) is 8.06. The molecule has 0 bridgehead atoms. The summed E-state index contributed by atoms with van der Waals surface area (Å²) in [7, 11) is 2.12. The molecule has 0 atom stereocenters. The largest absolute Gasteiger partial charge is 0.368 e. The first kappa shape index (κ1) is 12.9. The maximum absolute atomic E-state index is 11.6. The molecule has 1 aliphatic heterocycles. The second-order valence-corrected chi connectivity index (χ2v) is 5.06.